The molecule has 0 fully saturated rings. The molecule has 1 amide bonds. The smallest absolute Gasteiger partial charge is 0.264 e. The van der Waals surface area contributed by atoms with E-state index in [4.69, 9.17) is 14.2 Å². The Balaban J connectivity index is 2.53. The monoisotopic (exact) mass is 436 g/mol. The van der Waals surface area contributed by atoms with Gasteiger partial charge in [0.05, 0.1) is 31.4 Å². The van der Waals surface area contributed by atoms with Crippen LogP contribution in [0.15, 0.2) is 47.4 Å². The van der Waals surface area contributed by atoms with E-state index in [0.29, 0.717) is 18.1 Å². The summed E-state index contributed by atoms with van der Waals surface area (Å²) < 4.78 is 43.6. The molecule has 0 aliphatic carbocycles. The third-order valence-electron chi connectivity index (χ3n) is 4.37. The number of benzene rings is 2. The molecule has 2 aromatic carbocycles. The molecule has 0 aliphatic heterocycles. The van der Waals surface area contributed by atoms with Crippen molar-refractivity contribution >= 4 is 21.6 Å². The zero-order valence-corrected chi connectivity index (χ0v) is 18.7. The van der Waals surface area contributed by atoms with Gasteiger partial charge in [0.25, 0.3) is 10.0 Å². The molecule has 2 rings (SSSR count). The van der Waals surface area contributed by atoms with Crippen LogP contribution in [0.25, 0.3) is 0 Å². The highest BCUT2D eigenvalue weighted by Gasteiger charge is 2.30. The molecule has 0 heterocycles. The van der Waals surface area contributed by atoms with Crippen LogP contribution in [0.2, 0.25) is 0 Å². The number of methoxy groups -OCH3 is 3. The minimum Gasteiger partial charge on any atom is -0.497 e. The molecule has 164 valence electrons. The fourth-order valence-electron chi connectivity index (χ4n) is 2.87. The molecule has 0 saturated heterocycles. The van der Waals surface area contributed by atoms with E-state index in [1.54, 1.807) is 31.2 Å². The molecule has 1 N–H and O–H groups in total. The maximum Gasteiger partial charge on any atom is 0.264 e. The number of nitrogens with one attached hydrogen (secondary N) is 1. The van der Waals surface area contributed by atoms with E-state index in [1.807, 2.05) is 6.92 Å². The Bertz CT molecular complexity index is 960. The van der Waals surface area contributed by atoms with Gasteiger partial charge < -0.3 is 19.5 Å². The van der Waals surface area contributed by atoms with Gasteiger partial charge in [0.1, 0.15) is 18.0 Å². The Hall–Kier alpha value is -2.78. The highest BCUT2D eigenvalue weighted by Crippen LogP contribution is 2.35. The minimum atomic E-state index is -4.07. The lowest BCUT2D eigenvalue weighted by atomic mass is 10.2. The normalized spacial score (nSPS) is 12.2. The summed E-state index contributed by atoms with van der Waals surface area (Å²) in [6, 6.07) is 10.9. The Morgan fingerprint density at radius 3 is 2.30 bits per heavy atom. The summed E-state index contributed by atoms with van der Waals surface area (Å²) in [5.41, 5.74) is 1.12. The standard InChI is InChI=1S/C21H28N2O6S/c1-15-6-9-18(10-7-15)30(25,26)23(13-21(24)22-16(2)14-27-3)19-12-17(28-4)8-11-20(19)29-5/h6-12,16H,13-14H2,1-5H3,(H,22,24)/t16-/m1/s1. The summed E-state index contributed by atoms with van der Waals surface area (Å²) in [5, 5.41) is 2.74. The molecule has 9 heteroatoms. The van der Waals surface area contributed by atoms with Gasteiger partial charge in [-0.1, -0.05) is 17.7 Å². The van der Waals surface area contributed by atoms with Crippen molar-refractivity contribution in [2.24, 2.45) is 0 Å². The van der Waals surface area contributed by atoms with E-state index in [2.05, 4.69) is 5.32 Å². The maximum atomic E-state index is 13.5. The van der Waals surface area contributed by atoms with Crippen molar-refractivity contribution in [3.8, 4) is 11.5 Å². The fraction of sp³-hybridized carbons (Fsp3) is 0.381. The zero-order chi connectivity index (χ0) is 22.3. The first-order chi connectivity index (χ1) is 14.2. The van der Waals surface area contributed by atoms with Crippen LogP contribution in [0.4, 0.5) is 5.69 Å². The predicted octanol–water partition coefficient (Wildman–Crippen LogP) is 2.36. The van der Waals surface area contributed by atoms with Crippen molar-refractivity contribution in [3.05, 3.63) is 48.0 Å². The molecule has 0 bridgehead atoms. The second kappa shape index (κ2) is 10.3. The quantitative estimate of drug-likeness (QED) is 0.615. The Kier molecular flexibility index (Phi) is 8.08. The van der Waals surface area contributed by atoms with Gasteiger partial charge in [-0.2, -0.15) is 0 Å². The summed E-state index contributed by atoms with van der Waals surface area (Å²) in [4.78, 5) is 12.7. The molecule has 0 saturated carbocycles. The zero-order valence-electron chi connectivity index (χ0n) is 17.8. The van der Waals surface area contributed by atoms with Crippen molar-refractivity contribution in [1.29, 1.82) is 0 Å². The van der Waals surface area contributed by atoms with E-state index in [9.17, 15) is 13.2 Å². The molecule has 8 nitrogen and oxygen atoms in total. The number of amides is 1. The number of anilines is 1. The molecule has 0 spiro atoms. The lowest BCUT2D eigenvalue weighted by Crippen LogP contribution is -2.44. The topological polar surface area (TPSA) is 94.2 Å². The Morgan fingerprint density at radius 1 is 1.07 bits per heavy atom. The van der Waals surface area contributed by atoms with Gasteiger partial charge in [-0.05, 0) is 38.1 Å². The highest BCUT2D eigenvalue weighted by molar-refractivity contribution is 7.92. The largest absolute Gasteiger partial charge is 0.497 e. The molecular weight excluding hydrogens is 408 g/mol. The summed E-state index contributed by atoms with van der Waals surface area (Å²) in [6.45, 7) is 3.50. The van der Waals surface area contributed by atoms with E-state index in [-0.39, 0.29) is 16.6 Å². The van der Waals surface area contributed by atoms with E-state index in [1.165, 1.54) is 39.5 Å². The van der Waals surface area contributed by atoms with Crippen molar-refractivity contribution in [2.45, 2.75) is 24.8 Å². The lowest BCUT2D eigenvalue weighted by molar-refractivity contribution is -0.120. The summed E-state index contributed by atoms with van der Waals surface area (Å²) in [7, 11) is 0.369. The van der Waals surface area contributed by atoms with Crippen LogP contribution in [0.1, 0.15) is 12.5 Å². The average Bonchev–Trinajstić information content (AvgIpc) is 2.71. The number of carbonyl (C=O) groups excluding carboxylic acids is 1. The average molecular weight is 437 g/mol. The van der Waals surface area contributed by atoms with Crippen LogP contribution in [-0.2, 0) is 19.6 Å². The predicted molar refractivity (Wildman–Crippen MR) is 115 cm³/mol. The third kappa shape index (κ3) is 5.64. The summed E-state index contributed by atoms with van der Waals surface area (Å²) in [5.74, 6) is 0.257. The maximum absolute atomic E-state index is 13.5. The highest BCUT2D eigenvalue weighted by atomic mass is 32.2. The first-order valence-corrected chi connectivity index (χ1v) is 10.8. The molecule has 0 radical (unpaired) electrons. The number of ether oxygens (including phenoxy) is 3. The van der Waals surface area contributed by atoms with Gasteiger partial charge in [0.15, 0.2) is 0 Å². The Labute approximate surface area is 177 Å². The van der Waals surface area contributed by atoms with Crippen molar-refractivity contribution in [1.82, 2.24) is 5.32 Å². The van der Waals surface area contributed by atoms with Crippen LogP contribution in [0, 0.1) is 6.92 Å². The fourth-order valence-corrected chi connectivity index (χ4v) is 4.29. The Morgan fingerprint density at radius 2 is 1.73 bits per heavy atom. The molecule has 1 atom stereocenters. The SMILES string of the molecule is COC[C@@H](C)NC(=O)CN(c1cc(OC)ccc1OC)S(=O)(=O)c1ccc(C)cc1. The first kappa shape index (κ1) is 23.5. The van der Waals surface area contributed by atoms with Gasteiger partial charge in [-0.15, -0.1) is 0 Å². The van der Waals surface area contributed by atoms with Gasteiger partial charge >= 0.3 is 0 Å². The van der Waals surface area contributed by atoms with Crippen molar-refractivity contribution in [3.63, 3.8) is 0 Å². The van der Waals surface area contributed by atoms with Crippen LogP contribution in [0.5, 0.6) is 11.5 Å². The molecule has 0 unspecified atom stereocenters. The van der Waals surface area contributed by atoms with Crippen LogP contribution in [-0.4, -0.2) is 54.8 Å². The molecule has 2 aromatic rings. The number of aryl methyl sites for hydroxylation is 1. The van der Waals surface area contributed by atoms with Crippen molar-refractivity contribution in [2.75, 3.05) is 38.8 Å². The second-order valence-electron chi connectivity index (χ2n) is 6.79. The molecule has 30 heavy (non-hydrogen) atoms. The lowest BCUT2D eigenvalue weighted by Gasteiger charge is -2.26. The van der Waals surface area contributed by atoms with Gasteiger partial charge in [0, 0.05) is 19.2 Å². The summed E-state index contributed by atoms with van der Waals surface area (Å²) in [6.07, 6.45) is 0. The van der Waals surface area contributed by atoms with Crippen molar-refractivity contribution < 1.29 is 27.4 Å². The second-order valence-corrected chi connectivity index (χ2v) is 8.65. The van der Waals surface area contributed by atoms with Crippen LogP contribution < -0.4 is 19.1 Å². The third-order valence-corrected chi connectivity index (χ3v) is 6.15. The number of hydrogen-bond acceptors (Lipinski definition) is 6. The number of hydrogen-bond donors (Lipinski definition) is 1. The number of sulfonamides is 1. The van der Waals surface area contributed by atoms with Gasteiger partial charge in [-0.25, -0.2) is 8.42 Å². The first-order valence-electron chi connectivity index (χ1n) is 9.32. The van der Waals surface area contributed by atoms with Crippen LogP contribution in [0.3, 0.4) is 0 Å². The van der Waals surface area contributed by atoms with E-state index in [0.717, 1.165) is 9.87 Å². The van der Waals surface area contributed by atoms with Gasteiger partial charge in [0.2, 0.25) is 5.91 Å². The summed E-state index contributed by atoms with van der Waals surface area (Å²) >= 11 is 0. The molecular formula is C21H28N2O6S. The number of rotatable bonds is 10. The van der Waals surface area contributed by atoms with E-state index >= 15 is 0 Å². The number of nitrogens with zero attached hydrogens (tertiary/aromatic N) is 1. The number of carbonyl (C=O) groups is 1. The van der Waals surface area contributed by atoms with E-state index < -0.39 is 22.5 Å². The van der Waals surface area contributed by atoms with Gasteiger partial charge in [-0.3, -0.25) is 9.10 Å². The van der Waals surface area contributed by atoms with Crippen LogP contribution >= 0.6 is 0 Å². The molecule has 0 aliphatic rings. The minimum absolute atomic E-state index is 0.0655. The molecule has 0 aromatic heterocycles.